The molecule has 76 valence electrons. The standard InChI is InChI=1S/C14H20/c1-3-14(4-2)8-7-12-10-5-6-11(9-10)13(12)14/h5-8,10-13H,3-4,9H2,1-2H3/t10-,11-,12+,13-/m0/s1. The van der Waals surface area contributed by atoms with Crippen LogP contribution in [0.15, 0.2) is 24.3 Å². The van der Waals surface area contributed by atoms with E-state index in [-0.39, 0.29) is 0 Å². The molecule has 0 aromatic rings. The predicted octanol–water partition coefficient (Wildman–Crippen LogP) is 3.80. The molecule has 3 aliphatic rings. The van der Waals surface area contributed by atoms with Gasteiger partial charge in [0.05, 0.1) is 0 Å². The van der Waals surface area contributed by atoms with Gasteiger partial charge >= 0.3 is 0 Å². The molecule has 3 aliphatic carbocycles. The zero-order valence-corrected chi connectivity index (χ0v) is 9.24. The number of hydrogen-bond acceptors (Lipinski definition) is 0. The van der Waals surface area contributed by atoms with Gasteiger partial charge in [0, 0.05) is 0 Å². The van der Waals surface area contributed by atoms with Crippen LogP contribution >= 0.6 is 0 Å². The highest BCUT2D eigenvalue weighted by atomic mass is 14.6. The van der Waals surface area contributed by atoms with Gasteiger partial charge in [-0.1, -0.05) is 38.2 Å². The molecule has 4 atom stereocenters. The van der Waals surface area contributed by atoms with Crippen molar-refractivity contribution in [1.29, 1.82) is 0 Å². The van der Waals surface area contributed by atoms with Crippen molar-refractivity contribution in [3.8, 4) is 0 Å². The SMILES string of the molecule is CCC1(CC)C=C[C@H]2[C@@H]1[C@H]1C=C[C@H]2C1. The molecule has 14 heavy (non-hydrogen) atoms. The minimum atomic E-state index is 0.550. The summed E-state index contributed by atoms with van der Waals surface area (Å²) in [6.07, 6.45) is 14.2. The lowest BCUT2D eigenvalue weighted by Crippen LogP contribution is -2.30. The van der Waals surface area contributed by atoms with Crippen LogP contribution in [0.1, 0.15) is 33.1 Å². The molecule has 0 N–H and O–H groups in total. The Kier molecular flexibility index (Phi) is 1.72. The molecular weight excluding hydrogens is 168 g/mol. The summed E-state index contributed by atoms with van der Waals surface area (Å²) in [7, 11) is 0. The van der Waals surface area contributed by atoms with E-state index in [0.29, 0.717) is 5.41 Å². The normalized spacial score (nSPS) is 46.1. The van der Waals surface area contributed by atoms with E-state index in [1.54, 1.807) is 0 Å². The number of hydrogen-bond donors (Lipinski definition) is 0. The molecule has 0 aromatic carbocycles. The van der Waals surface area contributed by atoms with Gasteiger partial charge in [0.15, 0.2) is 0 Å². The first-order valence-corrected chi connectivity index (χ1v) is 6.18. The maximum Gasteiger partial charge on any atom is -0.00837 e. The van der Waals surface area contributed by atoms with Crippen LogP contribution in [0.3, 0.4) is 0 Å². The summed E-state index contributed by atoms with van der Waals surface area (Å²) >= 11 is 0. The van der Waals surface area contributed by atoms with Crippen molar-refractivity contribution < 1.29 is 0 Å². The Morgan fingerprint density at radius 3 is 2.50 bits per heavy atom. The van der Waals surface area contributed by atoms with Crippen molar-refractivity contribution in [3.05, 3.63) is 24.3 Å². The Balaban J connectivity index is 1.99. The molecule has 3 rings (SSSR count). The molecule has 0 heterocycles. The topological polar surface area (TPSA) is 0 Å². The van der Waals surface area contributed by atoms with Gasteiger partial charge in [-0.15, -0.1) is 0 Å². The monoisotopic (exact) mass is 188 g/mol. The Bertz CT molecular complexity index is 293. The van der Waals surface area contributed by atoms with Crippen LogP contribution in [-0.2, 0) is 0 Å². The third-order valence-corrected chi connectivity index (χ3v) is 5.15. The summed E-state index contributed by atoms with van der Waals surface area (Å²) < 4.78 is 0. The summed E-state index contributed by atoms with van der Waals surface area (Å²) in [4.78, 5) is 0. The minimum absolute atomic E-state index is 0.550. The third-order valence-electron chi connectivity index (χ3n) is 5.15. The first-order valence-electron chi connectivity index (χ1n) is 6.18. The lowest BCUT2D eigenvalue weighted by Gasteiger charge is -2.37. The van der Waals surface area contributed by atoms with Crippen molar-refractivity contribution in [1.82, 2.24) is 0 Å². The Hall–Kier alpha value is -0.520. The van der Waals surface area contributed by atoms with Crippen molar-refractivity contribution in [3.63, 3.8) is 0 Å². The van der Waals surface area contributed by atoms with E-state index in [1.165, 1.54) is 19.3 Å². The van der Waals surface area contributed by atoms with Crippen LogP contribution in [0.25, 0.3) is 0 Å². The predicted molar refractivity (Wildman–Crippen MR) is 59.9 cm³/mol. The van der Waals surface area contributed by atoms with E-state index >= 15 is 0 Å². The van der Waals surface area contributed by atoms with Crippen molar-refractivity contribution in [2.75, 3.05) is 0 Å². The van der Waals surface area contributed by atoms with Gasteiger partial charge in [-0.05, 0) is 48.3 Å². The average molecular weight is 188 g/mol. The smallest absolute Gasteiger partial charge is 0.00837 e. The Morgan fingerprint density at radius 1 is 1.07 bits per heavy atom. The molecule has 0 nitrogen and oxygen atoms in total. The molecule has 0 amide bonds. The zero-order valence-electron chi connectivity index (χ0n) is 9.24. The molecule has 0 aromatic heterocycles. The van der Waals surface area contributed by atoms with E-state index in [0.717, 1.165) is 23.7 Å². The van der Waals surface area contributed by atoms with Gasteiger partial charge in [-0.2, -0.15) is 0 Å². The van der Waals surface area contributed by atoms with E-state index in [9.17, 15) is 0 Å². The molecule has 0 radical (unpaired) electrons. The summed E-state index contributed by atoms with van der Waals surface area (Å²) in [6, 6.07) is 0. The molecule has 1 fully saturated rings. The van der Waals surface area contributed by atoms with Gasteiger partial charge in [0.2, 0.25) is 0 Å². The van der Waals surface area contributed by atoms with Crippen LogP contribution in [0.4, 0.5) is 0 Å². The van der Waals surface area contributed by atoms with Crippen molar-refractivity contribution in [2.45, 2.75) is 33.1 Å². The highest BCUT2D eigenvalue weighted by Gasteiger charge is 2.53. The van der Waals surface area contributed by atoms with E-state index < -0.39 is 0 Å². The van der Waals surface area contributed by atoms with Gasteiger partial charge in [0.25, 0.3) is 0 Å². The number of rotatable bonds is 2. The first kappa shape index (κ1) is 8.76. The van der Waals surface area contributed by atoms with Gasteiger partial charge < -0.3 is 0 Å². The van der Waals surface area contributed by atoms with Gasteiger partial charge in [0.1, 0.15) is 0 Å². The van der Waals surface area contributed by atoms with E-state index in [1.807, 2.05) is 0 Å². The minimum Gasteiger partial charge on any atom is -0.0848 e. The fourth-order valence-electron chi connectivity index (χ4n) is 4.30. The molecular formula is C14H20. The van der Waals surface area contributed by atoms with Crippen molar-refractivity contribution in [2.24, 2.45) is 29.1 Å². The maximum absolute atomic E-state index is 2.55. The molecule has 2 bridgehead atoms. The summed E-state index contributed by atoms with van der Waals surface area (Å²) in [5, 5.41) is 0. The Morgan fingerprint density at radius 2 is 1.79 bits per heavy atom. The van der Waals surface area contributed by atoms with E-state index in [4.69, 9.17) is 0 Å². The lowest BCUT2D eigenvalue weighted by atomic mass is 9.67. The molecule has 0 unspecified atom stereocenters. The van der Waals surface area contributed by atoms with Crippen LogP contribution in [0.2, 0.25) is 0 Å². The van der Waals surface area contributed by atoms with Gasteiger partial charge in [-0.3, -0.25) is 0 Å². The molecule has 0 saturated heterocycles. The van der Waals surface area contributed by atoms with E-state index in [2.05, 4.69) is 38.2 Å². The summed E-state index contributed by atoms with van der Waals surface area (Å²) in [5.74, 6) is 3.64. The summed E-state index contributed by atoms with van der Waals surface area (Å²) in [6.45, 7) is 4.73. The maximum atomic E-state index is 2.55. The quantitative estimate of drug-likeness (QED) is 0.578. The fourth-order valence-corrected chi connectivity index (χ4v) is 4.30. The van der Waals surface area contributed by atoms with Crippen LogP contribution in [-0.4, -0.2) is 0 Å². The van der Waals surface area contributed by atoms with Crippen LogP contribution in [0, 0.1) is 29.1 Å². The van der Waals surface area contributed by atoms with Crippen LogP contribution < -0.4 is 0 Å². The fraction of sp³-hybridized carbons (Fsp3) is 0.714. The van der Waals surface area contributed by atoms with Crippen molar-refractivity contribution >= 4 is 0 Å². The lowest BCUT2D eigenvalue weighted by molar-refractivity contribution is 0.169. The highest BCUT2D eigenvalue weighted by molar-refractivity contribution is 5.27. The average Bonchev–Trinajstić information content (AvgIpc) is 2.90. The molecule has 0 heteroatoms. The highest BCUT2D eigenvalue weighted by Crippen LogP contribution is 2.61. The Labute approximate surface area is 87.1 Å². The van der Waals surface area contributed by atoms with Crippen LogP contribution in [0.5, 0.6) is 0 Å². The number of allylic oxidation sites excluding steroid dienone is 4. The second kappa shape index (κ2) is 2.74. The first-order chi connectivity index (χ1) is 6.80. The number of fused-ring (bicyclic) bond motifs is 5. The third kappa shape index (κ3) is 0.852. The second-order valence-electron chi connectivity index (χ2n) is 5.35. The molecule has 0 aliphatic heterocycles. The molecule has 1 saturated carbocycles. The summed E-state index contributed by atoms with van der Waals surface area (Å²) in [5.41, 5.74) is 0.550. The molecule has 0 spiro atoms. The van der Waals surface area contributed by atoms with Gasteiger partial charge in [-0.25, -0.2) is 0 Å². The largest absolute Gasteiger partial charge is 0.0848 e. The second-order valence-corrected chi connectivity index (χ2v) is 5.35. The zero-order chi connectivity index (χ0) is 9.76.